The second-order valence-electron chi connectivity index (χ2n) is 4.65. The Morgan fingerprint density at radius 1 is 1.09 bits per heavy atom. The maximum Gasteiger partial charge on any atom is 0.310 e. The summed E-state index contributed by atoms with van der Waals surface area (Å²) in [6, 6.07) is 11.4. The van der Waals surface area contributed by atoms with Gasteiger partial charge in [-0.3, -0.25) is 4.79 Å². The van der Waals surface area contributed by atoms with E-state index >= 15 is 0 Å². The molecule has 0 N–H and O–H groups in total. The highest BCUT2D eigenvalue weighted by atomic mass is 19.2. The average molecular weight is 306 g/mol. The molecule has 22 heavy (non-hydrogen) atoms. The van der Waals surface area contributed by atoms with E-state index in [1.165, 1.54) is 6.07 Å². The predicted octanol–water partition coefficient (Wildman–Crippen LogP) is 3.65. The van der Waals surface area contributed by atoms with Crippen molar-refractivity contribution in [3.8, 4) is 5.75 Å². The second kappa shape index (κ2) is 7.54. The number of benzene rings is 2. The van der Waals surface area contributed by atoms with Crippen LogP contribution < -0.4 is 4.74 Å². The Bertz CT molecular complexity index is 642. The molecule has 0 radical (unpaired) electrons. The molecule has 5 heteroatoms. The molecule has 0 heterocycles. The highest BCUT2D eigenvalue weighted by Crippen LogP contribution is 2.23. The van der Waals surface area contributed by atoms with Gasteiger partial charge in [-0.25, -0.2) is 4.39 Å². The summed E-state index contributed by atoms with van der Waals surface area (Å²) in [7, 11) is 0. The Morgan fingerprint density at radius 2 is 1.82 bits per heavy atom. The first-order chi connectivity index (χ1) is 10.6. The van der Waals surface area contributed by atoms with Gasteiger partial charge in [-0.2, -0.15) is 4.39 Å². The number of hydrogen-bond donors (Lipinski definition) is 0. The Kier molecular flexibility index (Phi) is 5.47. The molecular weight excluding hydrogens is 290 g/mol. The van der Waals surface area contributed by atoms with E-state index in [2.05, 4.69) is 0 Å². The second-order valence-corrected chi connectivity index (χ2v) is 4.65. The van der Waals surface area contributed by atoms with Gasteiger partial charge in [-0.15, -0.1) is 0 Å². The van der Waals surface area contributed by atoms with Gasteiger partial charge in [-0.1, -0.05) is 30.3 Å². The first kappa shape index (κ1) is 15.9. The summed E-state index contributed by atoms with van der Waals surface area (Å²) in [4.78, 5) is 11.4. The summed E-state index contributed by atoms with van der Waals surface area (Å²) in [5, 5.41) is 0. The van der Waals surface area contributed by atoms with Gasteiger partial charge in [0, 0.05) is 0 Å². The molecule has 0 amide bonds. The molecule has 2 rings (SSSR count). The van der Waals surface area contributed by atoms with Crippen molar-refractivity contribution in [1.29, 1.82) is 0 Å². The van der Waals surface area contributed by atoms with Crippen LogP contribution in [-0.4, -0.2) is 12.6 Å². The molecule has 0 aliphatic rings. The van der Waals surface area contributed by atoms with Crippen LogP contribution in [0.5, 0.6) is 5.75 Å². The normalized spacial score (nSPS) is 10.3. The third-order valence-corrected chi connectivity index (χ3v) is 2.95. The van der Waals surface area contributed by atoms with E-state index < -0.39 is 17.6 Å². The Morgan fingerprint density at radius 3 is 2.50 bits per heavy atom. The molecule has 0 saturated carbocycles. The summed E-state index contributed by atoms with van der Waals surface area (Å²) in [5.41, 5.74) is 1.14. The molecule has 0 bridgehead atoms. The first-order valence-electron chi connectivity index (χ1n) is 6.90. The minimum Gasteiger partial charge on any atom is -0.486 e. The van der Waals surface area contributed by atoms with Crippen molar-refractivity contribution in [2.24, 2.45) is 0 Å². The lowest BCUT2D eigenvalue weighted by molar-refractivity contribution is -0.142. The van der Waals surface area contributed by atoms with Crippen LogP contribution in [0.1, 0.15) is 18.1 Å². The quantitative estimate of drug-likeness (QED) is 0.764. The van der Waals surface area contributed by atoms with Crippen molar-refractivity contribution in [2.45, 2.75) is 20.0 Å². The minimum absolute atomic E-state index is 0.111. The molecule has 0 aliphatic heterocycles. The maximum atomic E-state index is 13.8. The molecule has 0 aromatic heterocycles. The molecular formula is C17H16F2O3. The Labute approximate surface area is 127 Å². The fourth-order valence-electron chi connectivity index (χ4n) is 1.94. The third kappa shape index (κ3) is 4.28. The highest BCUT2D eigenvalue weighted by Gasteiger charge is 2.14. The SMILES string of the molecule is CCOC(=O)Cc1cc(F)c(F)c(OCc2ccccc2)c1. The van der Waals surface area contributed by atoms with Crippen molar-refractivity contribution < 1.29 is 23.0 Å². The highest BCUT2D eigenvalue weighted by molar-refractivity contribution is 5.72. The molecule has 0 saturated heterocycles. The summed E-state index contributed by atoms with van der Waals surface area (Å²) in [5.74, 6) is -2.83. The molecule has 3 nitrogen and oxygen atoms in total. The van der Waals surface area contributed by atoms with Crippen molar-refractivity contribution in [1.82, 2.24) is 0 Å². The standard InChI is InChI=1S/C17H16F2O3/c1-2-21-16(20)10-13-8-14(18)17(19)15(9-13)22-11-12-6-4-3-5-7-12/h3-9H,2,10-11H2,1H3. The molecule has 0 fully saturated rings. The van der Waals surface area contributed by atoms with Gasteiger partial charge in [0.2, 0.25) is 5.82 Å². The Hall–Kier alpha value is -2.43. The zero-order valence-electron chi connectivity index (χ0n) is 12.1. The van der Waals surface area contributed by atoms with Crippen LogP contribution in [0.3, 0.4) is 0 Å². The number of hydrogen-bond acceptors (Lipinski definition) is 3. The zero-order chi connectivity index (χ0) is 15.9. The zero-order valence-corrected chi connectivity index (χ0v) is 12.1. The number of carbonyl (C=O) groups is 1. The predicted molar refractivity (Wildman–Crippen MR) is 77.5 cm³/mol. The molecule has 0 unspecified atom stereocenters. The van der Waals surface area contributed by atoms with E-state index in [9.17, 15) is 13.6 Å². The lowest BCUT2D eigenvalue weighted by atomic mass is 10.1. The molecule has 0 aliphatic carbocycles. The van der Waals surface area contributed by atoms with E-state index in [4.69, 9.17) is 9.47 Å². The van der Waals surface area contributed by atoms with Gasteiger partial charge >= 0.3 is 5.97 Å². The van der Waals surface area contributed by atoms with Crippen LogP contribution in [0.2, 0.25) is 0 Å². The smallest absolute Gasteiger partial charge is 0.310 e. The van der Waals surface area contributed by atoms with Crippen LogP contribution in [0.15, 0.2) is 42.5 Å². The number of ether oxygens (including phenoxy) is 2. The van der Waals surface area contributed by atoms with Crippen LogP contribution in [-0.2, 0) is 22.6 Å². The van der Waals surface area contributed by atoms with Crippen LogP contribution in [0.4, 0.5) is 8.78 Å². The van der Waals surface area contributed by atoms with Crippen LogP contribution in [0.25, 0.3) is 0 Å². The van der Waals surface area contributed by atoms with E-state index in [-0.39, 0.29) is 25.4 Å². The van der Waals surface area contributed by atoms with Gasteiger partial charge in [0.1, 0.15) is 6.61 Å². The topological polar surface area (TPSA) is 35.5 Å². The molecule has 0 spiro atoms. The molecule has 116 valence electrons. The van der Waals surface area contributed by atoms with Crippen molar-refractivity contribution in [3.63, 3.8) is 0 Å². The molecule has 2 aromatic rings. The number of halogens is 2. The third-order valence-electron chi connectivity index (χ3n) is 2.95. The van der Waals surface area contributed by atoms with Gasteiger partial charge in [0.05, 0.1) is 13.0 Å². The number of esters is 1. The van der Waals surface area contributed by atoms with Gasteiger partial charge in [0.25, 0.3) is 0 Å². The van der Waals surface area contributed by atoms with E-state index in [1.54, 1.807) is 6.92 Å². The summed E-state index contributed by atoms with van der Waals surface area (Å²) in [6.07, 6.45) is -0.132. The summed E-state index contributed by atoms with van der Waals surface area (Å²) < 4.78 is 37.5. The van der Waals surface area contributed by atoms with Crippen LogP contribution >= 0.6 is 0 Å². The number of rotatable bonds is 6. The van der Waals surface area contributed by atoms with E-state index in [1.807, 2.05) is 30.3 Å². The van der Waals surface area contributed by atoms with Crippen molar-refractivity contribution in [2.75, 3.05) is 6.61 Å². The van der Waals surface area contributed by atoms with Crippen LogP contribution in [0, 0.1) is 11.6 Å². The largest absolute Gasteiger partial charge is 0.486 e. The maximum absolute atomic E-state index is 13.8. The monoisotopic (exact) mass is 306 g/mol. The van der Waals surface area contributed by atoms with Crippen molar-refractivity contribution in [3.05, 3.63) is 65.2 Å². The fourth-order valence-corrected chi connectivity index (χ4v) is 1.94. The summed E-state index contributed by atoms with van der Waals surface area (Å²) in [6.45, 7) is 2.03. The fraction of sp³-hybridized carbons (Fsp3) is 0.235. The van der Waals surface area contributed by atoms with E-state index in [0.29, 0.717) is 5.56 Å². The van der Waals surface area contributed by atoms with Gasteiger partial charge < -0.3 is 9.47 Å². The average Bonchev–Trinajstić information content (AvgIpc) is 2.50. The van der Waals surface area contributed by atoms with Gasteiger partial charge in [0.15, 0.2) is 11.6 Å². The van der Waals surface area contributed by atoms with Gasteiger partial charge in [-0.05, 0) is 30.2 Å². The first-order valence-corrected chi connectivity index (χ1v) is 6.90. The molecule has 2 aromatic carbocycles. The van der Waals surface area contributed by atoms with E-state index in [0.717, 1.165) is 11.6 Å². The lowest BCUT2D eigenvalue weighted by Gasteiger charge is -2.10. The lowest BCUT2D eigenvalue weighted by Crippen LogP contribution is -2.08. The number of carbonyl (C=O) groups excluding carboxylic acids is 1. The Balaban J connectivity index is 2.12. The summed E-state index contributed by atoms with van der Waals surface area (Å²) >= 11 is 0. The van der Waals surface area contributed by atoms with Crippen molar-refractivity contribution >= 4 is 5.97 Å². The molecule has 0 atom stereocenters. The minimum atomic E-state index is -1.07.